The molecule has 1 aliphatic heterocycles. The zero-order valence-electron chi connectivity index (χ0n) is 15.7. The van der Waals surface area contributed by atoms with Gasteiger partial charge in [0, 0.05) is 25.3 Å². The summed E-state index contributed by atoms with van der Waals surface area (Å²) in [6, 6.07) is 10.3. The van der Waals surface area contributed by atoms with Crippen molar-refractivity contribution in [1.29, 1.82) is 0 Å². The Kier molecular flexibility index (Phi) is 6.64. The fraction of sp³-hybridized carbons (Fsp3) is 0.300. The van der Waals surface area contributed by atoms with Crippen LogP contribution in [-0.2, 0) is 15.3 Å². The number of benzene rings is 2. The van der Waals surface area contributed by atoms with Crippen molar-refractivity contribution in [3.63, 3.8) is 0 Å². The molecule has 0 saturated heterocycles. The molecule has 1 atom stereocenters. The number of hydrogen-bond donors (Lipinski definition) is 3. The van der Waals surface area contributed by atoms with Crippen LogP contribution in [0.5, 0.6) is 0 Å². The highest BCUT2D eigenvalue weighted by molar-refractivity contribution is 6.42. The maximum Gasteiger partial charge on any atom is 0.329 e. The molecule has 9 heteroatoms. The molecular formula is C20H21Cl2N3O4. The van der Waals surface area contributed by atoms with Crippen LogP contribution in [0, 0.1) is 0 Å². The normalized spacial score (nSPS) is 18.2. The van der Waals surface area contributed by atoms with E-state index in [0.717, 1.165) is 4.90 Å². The zero-order valence-corrected chi connectivity index (χ0v) is 17.3. The summed E-state index contributed by atoms with van der Waals surface area (Å²) in [5, 5.41) is 17.4. The lowest BCUT2D eigenvalue weighted by molar-refractivity contribution is -0.140. The van der Waals surface area contributed by atoms with E-state index < -0.39 is 17.7 Å². The number of nitrogens with zero attached hydrogens (tertiary/aromatic N) is 1. The Morgan fingerprint density at radius 3 is 2.72 bits per heavy atom. The summed E-state index contributed by atoms with van der Waals surface area (Å²) in [4.78, 5) is 26.9. The standard InChI is InChI=1S/C20H21Cl2N3O4/c1-2-29-11-5-10-23-18(26)20(28)14-6-3-4-7-17(14)24-19(27)25(20)13-8-9-15(21)16(22)12-13/h3-4,6-9,12,28H,2,5,10-11H2,1H3,(H,23,26)(H,24,27)/t20-/m0/s1. The zero-order chi connectivity index (χ0) is 21.0. The first-order valence-electron chi connectivity index (χ1n) is 9.13. The largest absolute Gasteiger partial charge is 0.382 e. The Morgan fingerprint density at radius 1 is 1.24 bits per heavy atom. The Bertz CT molecular complexity index is 924. The van der Waals surface area contributed by atoms with Crippen LogP contribution < -0.4 is 15.5 Å². The molecule has 0 aromatic heterocycles. The van der Waals surface area contributed by atoms with Crippen molar-refractivity contribution in [3.8, 4) is 0 Å². The number of carbonyl (C=O) groups excluding carboxylic acids is 2. The molecule has 0 saturated carbocycles. The molecule has 1 aliphatic rings. The minimum Gasteiger partial charge on any atom is -0.382 e. The summed E-state index contributed by atoms with van der Waals surface area (Å²) >= 11 is 12.1. The number of urea groups is 1. The second kappa shape index (κ2) is 9.00. The highest BCUT2D eigenvalue weighted by atomic mass is 35.5. The Hall–Kier alpha value is -2.32. The van der Waals surface area contributed by atoms with E-state index in [0.29, 0.717) is 25.3 Å². The molecule has 0 fully saturated rings. The van der Waals surface area contributed by atoms with Gasteiger partial charge in [0.05, 0.1) is 21.4 Å². The van der Waals surface area contributed by atoms with Crippen LogP contribution in [0.15, 0.2) is 42.5 Å². The van der Waals surface area contributed by atoms with Gasteiger partial charge in [0.2, 0.25) is 0 Å². The number of halogens is 2. The number of carbonyl (C=O) groups is 2. The summed E-state index contributed by atoms with van der Waals surface area (Å²) in [5.74, 6) is -0.734. The first-order chi connectivity index (χ1) is 13.9. The van der Waals surface area contributed by atoms with Gasteiger partial charge in [-0.2, -0.15) is 0 Å². The van der Waals surface area contributed by atoms with E-state index in [2.05, 4.69) is 10.6 Å². The van der Waals surface area contributed by atoms with Gasteiger partial charge in [-0.3, -0.25) is 9.69 Å². The smallest absolute Gasteiger partial charge is 0.329 e. The number of para-hydroxylation sites is 1. The SMILES string of the molecule is CCOCCCNC(=O)[C@@]1(O)c2ccccc2NC(=O)N1c1ccc(Cl)c(Cl)c1. The van der Waals surface area contributed by atoms with Gasteiger partial charge < -0.3 is 20.5 Å². The van der Waals surface area contributed by atoms with Crippen molar-refractivity contribution < 1.29 is 19.4 Å². The topological polar surface area (TPSA) is 90.9 Å². The summed E-state index contributed by atoms with van der Waals surface area (Å²) in [7, 11) is 0. The number of rotatable bonds is 7. The van der Waals surface area contributed by atoms with Gasteiger partial charge in [-0.05, 0) is 37.6 Å². The second-order valence-electron chi connectivity index (χ2n) is 6.39. The van der Waals surface area contributed by atoms with Gasteiger partial charge in [-0.25, -0.2) is 4.79 Å². The highest BCUT2D eigenvalue weighted by Crippen LogP contribution is 2.41. The van der Waals surface area contributed by atoms with Gasteiger partial charge in [-0.1, -0.05) is 41.4 Å². The van der Waals surface area contributed by atoms with E-state index in [-0.39, 0.29) is 27.8 Å². The highest BCUT2D eigenvalue weighted by Gasteiger charge is 2.51. The predicted octanol–water partition coefficient (Wildman–Crippen LogP) is 3.73. The number of anilines is 2. The Labute approximate surface area is 178 Å². The minimum absolute atomic E-state index is 0.190. The number of hydrogen-bond acceptors (Lipinski definition) is 4. The van der Waals surface area contributed by atoms with Crippen molar-refractivity contribution in [2.24, 2.45) is 0 Å². The molecule has 1 heterocycles. The van der Waals surface area contributed by atoms with E-state index >= 15 is 0 Å². The number of ether oxygens (including phenoxy) is 1. The Balaban J connectivity index is 2.00. The molecule has 7 nitrogen and oxygen atoms in total. The monoisotopic (exact) mass is 437 g/mol. The van der Waals surface area contributed by atoms with Gasteiger partial charge in [0.15, 0.2) is 0 Å². The van der Waals surface area contributed by atoms with Crippen molar-refractivity contribution in [2.45, 2.75) is 19.1 Å². The van der Waals surface area contributed by atoms with Crippen LogP contribution >= 0.6 is 23.2 Å². The fourth-order valence-corrected chi connectivity index (χ4v) is 3.42. The summed E-state index contributed by atoms with van der Waals surface area (Å²) in [6.45, 7) is 3.22. The minimum atomic E-state index is -2.28. The lowest BCUT2D eigenvalue weighted by Crippen LogP contribution is -2.62. The quantitative estimate of drug-likeness (QED) is 0.575. The van der Waals surface area contributed by atoms with Crippen LogP contribution in [0.4, 0.5) is 16.2 Å². The lowest BCUT2D eigenvalue weighted by Gasteiger charge is -2.42. The third kappa shape index (κ3) is 4.18. The molecule has 0 aliphatic carbocycles. The lowest BCUT2D eigenvalue weighted by atomic mass is 9.95. The van der Waals surface area contributed by atoms with Gasteiger partial charge in [-0.15, -0.1) is 0 Å². The third-order valence-electron chi connectivity index (χ3n) is 4.50. The van der Waals surface area contributed by atoms with Crippen LogP contribution in [0.25, 0.3) is 0 Å². The number of aliphatic hydroxyl groups is 1. The molecule has 3 amide bonds. The number of amides is 3. The van der Waals surface area contributed by atoms with Crippen LogP contribution in [0.3, 0.4) is 0 Å². The average Bonchev–Trinajstić information content (AvgIpc) is 2.70. The molecule has 29 heavy (non-hydrogen) atoms. The van der Waals surface area contributed by atoms with Crippen molar-refractivity contribution in [3.05, 3.63) is 58.1 Å². The molecule has 2 aromatic rings. The molecule has 0 unspecified atom stereocenters. The Morgan fingerprint density at radius 2 is 2.00 bits per heavy atom. The van der Waals surface area contributed by atoms with Crippen LogP contribution in [-0.4, -0.2) is 36.8 Å². The van der Waals surface area contributed by atoms with Gasteiger partial charge in [0.1, 0.15) is 0 Å². The summed E-state index contributed by atoms with van der Waals surface area (Å²) in [5.41, 5.74) is -1.46. The first-order valence-corrected chi connectivity index (χ1v) is 9.89. The fourth-order valence-electron chi connectivity index (χ4n) is 3.13. The van der Waals surface area contributed by atoms with E-state index in [4.69, 9.17) is 27.9 Å². The van der Waals surface area contributed by atoms with E-state index in [1.807, 2.05) is 6.92 Å². The molecule has 2 aromatic carbocycles. The molecule has 3 rings (SSSR count). The van der Waals surface area contributed by atoms with Gasteiger partial charge in [0.25, 0.3) is 11.6 Å². The van der Waals surface area contributed by atoms with Crippen LogP contribution in [0.2, 0.25) is 10.0 Å². The molecule has 3 N–H and O–H groups in total. The van der Waals surface area contributed by atoms with E-state index in [1.165, 1.54) is 18.2 Å². The molecule has 0 spiro atoms. The van der Waals surface area contributed by atoms with Crippen LogP contribution in [0.1, 0.15) is 18.9 Å². The number of fused-ring (bicyclic) bond motifs is 1. The molecule has 0 radical (unpaired) electrons. The second-order valence-corrected chi connectivity index (χ2v) is 7.20. The molecular weight excluding hydrogens is 417 g/mol. The van der Waals surface area contributed by atoms with Gasteiger partial charge >= 0.3 is 6.03 Å². The third-order valence-corrected chi connectivity index (χ3v) is 5.24. The molecule has 154 valence electrons. The summed E-state index contributed by atoms with van der Waals surface area (Å²) < 4.78 is 5.26. The predicted molar refractivity (Wildman–Crippen MR) is 112 cm³/mol. The van der Waals surface area contributed by atoms with Crippen molar-refractivity contribution >= 4 is 46.5 Å². The van der Waals surface area contributed by atoms with E-state index in [9.17, 15) is 14.7 Å². The average molecular weight is 438 g/mol. The maximum absolute atomic E-state index is 13.1. The number of nitrogens with one attached hydrogen (secondary N) is 2. The van der Waals surface area contributed by atoms with Crippen molar-refractivity contribution in [2.75, 3.05) is 30.0 Å². The van der Waals surface area contributed by atoms with E-state index in [1.54, 1.807) is 24.3 Å². The molecule has 0 bridgehead atoms. The first kappa shape index (κ1) is 21.4. The van der Waals surface area contributed by atoms with Crippen molar-refractivity contribution in [1.82, 2.24) is 5.32 Å². The summed E-state index contributed by atoms with van der Waals surface area (Å²) in [6.07, 6.45) is 0.566. The maximum atomic E-state index is 13.1.